The van der Waals surface area contributed by atoms with Crippen LogP contribution in [0.1, 0.15) is 5.82 Å². The molecule has 0 fully saturated rings. The molecular weight excluding hydrogens is 278 g/mol. The van der Waals surface area contributed by atoms with Gasteiger partial charge >= 0.3 is 0 Å². The third-order valence-corrected chi connectivity index (χ3v) is 3.49. The van der Waals surface area contributed by atoms with Crippen molar-refractivity contribution in [2.45, 2.75) is 6.54 Å². The van der Waals surface area contributed by atoms with Crippen LogP contribution in [-0.4, -0.2) is 29.1 Å². The lowest BCUT2D eigenvalue weighted by molar-refractivity contribution is 0.740. The first-order chi connectivity index (χ1) is 10.8. The maximum Gasteiger partial charge on any atom is 0.165 e. The van der Waals surface area contributed by atoms with E-state index in [4.69, 9.17) is 5.73 Å². The maximum absolute atomic E-state index is 5.82. The number of para-hydroxylation sites is 1. The quantitative estimate of drug-likeness (QED) is 0.620. The summed E-state index contributed by atoms with van der Waals surface area (Å²) in [5.74, 6) is 1.28. The highest BCUT2D eigenvalue weighted by Crippen LogP contribution is 2.17. The zero-order valence-electron chi connectivity index (χ0n) is 11.7. The summed E-state index contributed by atoms with van der Waals surface area (Å²) in [5.41, 5.74) is 8.19. The van der Waals surface area contributed by atoms with Crippen LogP contribution in [0.25, 0.3) is 16.9 Å². The van der Waals surface area contributed by atoms with Crippen LogP contribution in [0.15, 0.2) is 55.4 Å². The van der Waals surface area contributed by atoms with Gasteiger partial charge < -0.3 is 14.9 Å². The Morgan fingerprint density at radius 2 is 1.86 bits per heavy atom. The van der Waals surface area contributed by atoms with E-state index >= 15 is 0 Å². The van der Waals surface area contributed by atoms with Gasteiger partial charge in [-0.1, -0.05) is 18.2 Å². The normalized spacial score (nSPS) is 11.1. The molecule has 7 heteroatoms. The van der Waals surface area contributed by atoms with Gasteiger partial charge in [0.15, 0.2) is 11.5 Å². The van der Waals surface area contributed by atoms with Crippen molar-refractivity contribution >= 4 is 17.0 Å². The standard InChI is InChI=1S/C15H13N7/c16-14-13-15(19-9-18-14)21(10-20-13)8-12-17-6-7-22(12)11-4-2-1-3-5-11/h1-7,9-10H,8H2,(H2,16,18,19). The van der Waals surface area contributed by atoms with Gasteiger partial charge in [-0.3, -0.25) is 0 Å². The molecule has 0 spiro atoms. The largest absolute Gasteiger partial charge is 0.382 e. The average Bonchev–Trinajstić information content (AvgIpc) is 3.17. The van der Waals surface area contributed by atoms with E-state index in [9.17, 15) is 0 Å². The van der Waals surface area contributed by atoms with Crippen LogP contribution in [-0.2, 0) is 6.54 Å². The Kier molecular flexibility index (Phi) is 2.82. The molecule has 22 heavy (non-hydrogen) atoms. The van der Waals surface area contributed by atoms with Crippen molar-refractivity contribution < 1.29 is 0 Å². The molecule has 7 nitrogen and oxygen atoms in total. The molecule has 3 aromatic heterocycles. The number of hydrogen-bond donors (Lipinski definition) is 1. The van der Waals surface area contributed by atoms with Gasteiger partial charge in [0.05, 0.1) is 12.9 Å². The number of benzene rings is 1. The van der Waals surface area contributed by atoms with E-state index in [2.05, 4.69) is 19.9 Å². The van der Waals surface area contributed by atoms with Gasteiger partial charge in [-0.15, -0.1) is 0 Å². The van der Waals surface area contributed by atoms with Gasteiger partial charge in [-0.25, -0.2) is 19.9 Å². The van der Waals surface area contributed by atoms with Gasteiger partial charge in [-0.05, 0) is 12.1 Å². The lowest BCUT2D eigenvalue weighted by Crippen LogP contribution is -2.07. The summed E-state index contributed by atoms with van der Waals surface area (Å²) in [5, 5.41) is 0. The summed E-state index contributed by atoms with van der Waals surface area (Å²) >= 11 is 0. The molecule has 0 aliphatic heterocycles. The number of nitrogens with zero attached hydrogens (tertiary/aromatic N) is 6. The minimum absolute atomic E-state index is 0.384. The maximum atomic E-state index is 5.82. The predicted molar refractivity (Wildman–Crippen MR) is 82.4 cm³/mol. The van der Waals surface area contributed by atoms with Gasteiger partial charge in [0.25, 0.3) is 0 Å². The molecule has 0 aliphatic carbocycles. The summed E-state index contributed by atoms with van der Waals surface area (Å²) in [6, 6.07) is 10.1. The van der Waals surface area contributed by atoms with Crippen molar-refractivity contribution in [1.82, 2.24) is 29.1 Å². The summed E-state index contributed by atoms with van der Waals surface area (Å²) in [7, 11) is 0. The van der Waals surface area contributed by atoms with Crippen LogP contribution >= 0.6 is 0 Å². The first-order valence-electron chi connectivity index (χ1n) is 6.82. The fraction of sp³-hybridized carbons (Fsp3) is 0.0667. The summed E-state index contributed by atoms with van der Waals surface area (Å²) < 4.78 is 3.95. The molecule has 3 heterocycles. The molecule has 108 valence electrons. The van der Waals surface area contributed by atoms with Gasteiger partial charge in [-0.2, -0.15) is 0 Å². The molecule has 2 N–H and O–H groups in total. The average molecular weight is 291 g/mol. The minimum Gasteiger partial charge on any atom is -0.382 e. The Hall–Kier alpha value is -3.22. The van der Waals surface area contributed by atoms with Gasteiger partial charge in [0.1, 0.15) is 17.7 Å². The number of anilines is 1. The topological polar surface area (TPSA) is 87.4 Å². The molecule has 4 rings (SSSR count). The Balaban J connectivity index is 1.75. The van der Waals surface area contributed by atoms with Gasteiger partial charge in [0, 0.05) is 18.1 Å². The minimum atomic E-state index is 0.384. The molecule has 1 aromatic carbocycles. The highest BCUT2D eigenvalue weighted by atomic mass is 15.2. The SMILES string of the molecule is Nc1ncnc2c1ncn2Cc1nccn1-c1ccccc1. The molecule has 0 saturated heterocycles. The van der Waals surface area contributed by atoms with E-state index in [0.29, 0.717) is 23.5 Å². The van der Waals surface area contributed by atoms with Crippen molar-refractivity contribution in [1.29, 1.82) is 0 Å². The van der Waals surface area contributed by atoms with Crippen LogP contribution in [0.4, 0.5) is 5.82 Å². The highest BCUT2D eigenvalue weighted by Gasteiger charge is 2.11. The summed E-state index contributed by atoms with van der Waals surface area (Å²) in [6.07, 6.45) is 6.87. The second-order valence-corrected chi connectivity index (χ2v) is 4.85. The second kappa shape index (κ2) is 4.96. The molecule has 0 unspecified atom stereocenters. The zero-order valence-corrected chi connectivity index (χ0v) is 11.7. The van der Waals surface area contributed by atoms with Crippen LogP contribution in [0, 0.1) is 0 Å². The number of rotatable bonds is 3. The fourth-order valence-corrected chi connectivity index (χ4v) is 2.44. The van der Waals surface area contributed by atoms with E-state index in [1.807, 2.05) is 45.7 Å². The van der Waals surface area contributed by atoms with Crippen LogP contribution in [0.5, 0.6) is 0 Å². The molecular formula is C15H13N7. The number of nitrogen functional groups attached to an aromatic ring is 1. The van der Waals surface area contributed by atoms with E-state index in [1.165, 1.54) is 6.33 Å². The second-order valence-electron chi connectivity index (χ2n) is 4.85. The Labute approximate surface area is 126 Å². The number of aromatic nitrogens is 6. The molecule has 0 bridgehead atoms. The Morgan fingerprint density at radius 1 is 1.00 bits per heavy atom. The van der Waals surface area contributed by atoms with E-state index in [0.717, 1.165) is 11.5 Å². The van der Waals surface area contributed by atoms with Gasteiger partial charge in [0.2, 0.25) is 0 Å². The van der Waals surface area contributed by atoms with Crippen molar-refractivity contribution in [2.75, 3.05) is 5.73 Å². The van der Waals surface area contributed by atoms with Crippen molar-refractivity contribution in [3.63, 3.8) is 0 Å². The molecule has 0 amide bonds. The van der Waals surface area contributed by atoms with Crippen molar-refractivity contribution in [2.24, 2.45) is 0 Å². The third-order valence-electron chi connectivity index (χ3n) is 3.49. The summed E-state index contributed by atoms with van der Waals surface area (Å²) in [4.78, 5) is 16.9. The lowest BCUT2D eigenvalue weighted by atomic mass is 10.3. The van der Waals surface area contributed by atoms with Crippen LogP contribution < -0.4 is 5.73 Å². The monoisotopic (exact) mass is 291 g/mol. The fourth-order valence-electron chi connectivity index (χ4n) is 2.44. The number of imidazole rings is 2. The van der Waals surface area contributed by atoms with E-state index in [1.54, 1.807) is 12.5 Å². The predicted octanol–water partition coefficient (Wildman–Crippen LogP) is 1.64. The smallest absolute Gasteiger partial charge is 0.165 e. The number of nitrogens with two attached hydrogens (primary N) is 1. The molecule has 4 aromatic rings. The highest BCUT2D eigenvalue weighted by molar-refractivity contribution is 5.81. The van der Waals surface area contributed by atoms with Crippen molar-refractivity contribution in [3.8, 4) is 5.69 Å². The molecule has 0 saturated carbocycles. The van der Waals surface area contributed by atoms with Crippen LogP contribution in [0.2, 0.25) is 0 Å². The Morgan fingerprint density at radius 3 is 2.73 bits per heavy atom. The van der Waals surface area contributed by atoms with E-state index < -0.39 is 0 Å². The molecule has 0 radical (unpaired) electrons. The lowest BCUT2D eigenvalue weighted by Gasteiger charge is -2.08. The summed E-state index contributed by atoms with van der Waals surface area (Å²) in [6.45, 7) is 0.550. The molecule has 0 aliphatic rings. The first kappa shape index (κ1) is 12.5. The van der Waals surface area contributed by atoms with Crippen molar-refractivity contribution in [3.05, 3.63) is 61.2 Å². The zero-order chi connectivity index (χ0) is 14.9. The number of fused-ring (bicyclic) bond motifs is 1. The van der Waals surface area contributed by atoms with E-state index in [-0.39, 0.29) is 0 Å². The number of hydrogen-bond acceptors (Lipinski definition) is 5. The Bertz CT molecular complexity index is 923. The third kappa shape index (κ3) is 1.99. The first-order valence-corrected chi connectivity index (χ1v) is 6.82. The van der Waals surface area contributed by atoms with Crippen LogP contribution in [0.3, 0.4) is 0 Å². The molecule has 0 atom stereocenters.